The van der Waals surface area contributed by atoms with Crippen molar-refractivity contribution in [3.63, 3.8) is 0 Å². The van der Waals surface area contributed by atoms with Crippen molar-refractivity contribution in [2.75, 3.05) is 20.2 Å². The van der Waals surface area contributed by atoms with E-state index in [9.17, 15) is 18.0 Å². The second-order valence-electron chi connectivity index (χ2n) is 7.62. The first kappa shape index (κ1) is 21.0. The SMILES string of the molecule is COc1ccc2cc(CC(=O)N3CC=C(c4cccc(C(F)(F)F)c4)CC3)ccc2c1. The first-order valence-electron chi connectivity index (χ1n) is 10.0. The molecule has 1 aliphatic heterocycles. The second kappa shape index (κ2) is 8.46. The fraction of sp³-hybridized carbons (Fsp3) is 0.240. The van der Waals surface area contributed by atoms with Crippen molar-refractivity contribution < 1.29 is 22.7 Å². The highest BCUT2D eigenvalue weighted by Crippen LogP contribution is 2.32. The number of methoxy groups -OCH3 is 1. The van der Waals surface area contributed by atoms with Crippen molar-refractivity contribution in [1.82, 2.24) is 4.90 Å². The van der Waals surface area contributed by atoms with E-state index in [2.05, 4.69) is 0 Å². The summed E-state index contributed by atoms with van der Waals surface area (Å²) < 4.78 is 44.1. The normalized spacial score (nSPS) is 14.5. The average Bonchev–Trinajstić information content (AvgIpc) is 2.78. The van der Waals surface area contributed by atoms with E-state index in [1.807, 2.05) is 42.5 Å². The molecule has 0 aliphatic carbocycles. The van der Waals surface area contributed by atoms with E-state index in [-0.39, 0.29) is 12.3 Å². The molecule has 3 aromatic rings. The minimum absolute atomic E-state index is 0.00667. The molecule has 0 atom stereocenters. The topological polar surface area (TPSA) is 29.5 Å². The Hall–Kier alpha value is -3.28. The molecular weight excluding hydrogens is 403 g/mol. The molecule has 1 aliphatic rings. The van der Waals surface area contributed by atoms with E-state index >= 15 is 0 Å². The van der Waals surface area contributed by atoms with Crippen LogP contribution in [0.1, 0.15) is 23.1 Å². The van der Waals surface area contributed by atoms with Crippen LogP contribution in [0, 0.1) is 0 Å². The molecule has 0 radical (unpaired) electrons. The summed E-state index contributed by atoms with van der Waals surface area (Å²) >= 11 is 0. The molecule has 0 saturated heterocycles. The fourth-order valence-corrected chi connectivity index (χ4v) is 3.85. The van der Waals surface area contributed by atoms with Crippen molar-refractivity contribution in [3.05, 3.63) is 83.4 Å². The van der Waals surface area contributed by atoms with Gasteiger partial charge in [-0.1, -0.05) is 42.5 Å². The lowest BCUT2D eigenvalue weighted by Gasteiger charge is -2.27. The zero-order chi connectivity index (χ0) is 22.0. The Labute approximate surface area is 178 Å². The average molecular weight is 425 g/mol. The molecular formula is C25H22F3NO2. The maximum atomic E-state index is 13.0. The van der Waals surface area contributed by atoms with Gasteiger partial charge in [0.05, 0.1) is 19.1 Å². The molecule has 3 aromatic carbocycles. The minimum atomic E-state index is -4.36. The zero-order valence-corrected chi connectivity index (χ0v) is 17.1. The number of nitrogens with zero attached hydrogens (tertiary/aromatic N) is 1. The van der Waals surface area contributed by atoms with Crippen LogP contribution in [0.2, 0.25) is 0 Å². The summed E-state index contributed by atoms with van der Waals surface area (Å²) in [4.78, 5) is 14.5. The van der Waals surface area contributed by atoms with Crippen molar-refractivity contribution >= 4 is 22.3 Å². The number of fused-ring (bicyclic) bond motifs is 1. The first-order chi connectivity index (χ1) is 14.8. The van der Waals surface area contributed by atoms with Gasteiger partial charge in [0.2, 0.25) is 5.91 Å². The van der Waals surface area contributed by atoms with Crippen molar-refractivity contribution in [2.24, 2.45) is 0 Å². The minimum Gasteiger partial charge on any atom is -0.497 e. The molecule has 0 N–H and O–H groups in total. The van der Waals surface area contributed by atoms with Crippen molar-refractivity contribution in [1.29, 1.82) is 0 Å². The lowest BCUT2D eigenvalue weighted by Crippen LogP contribution is -2.35. The fourth-order valence-electron chi connectivity index (χ4n) is 3.85. The quantitative estimate of drug-likeness (QED) is 0.535. The third kappa shape index (κ3) is 4.74. The van der Waals surface area contributed by atoms with Gasteiger partial charge in [-0.05, 0) is 58.2 Å². The molecule has 4 rings (SSSR count). The number of hydrogen-bond donors (Lipinski definition) is 0. The molecule has 31 heavy (non-hydrogen) atoms. The Morgan fingerprint density at radius 1 is 1.03 bits per heavy atom. The van der Waals surface area contributed by atoms with E-state index in [1.54, 1.807) is 18.1 Å². The summed E-state index contributed by atoms with van der Waals surface area (Å²) in [7, 11) is 1.62. The predicted octanol–water partition coefficient (Wildman–Crippen LogP) is 5.73. The molecule has 0 aromatic heterocycles. The number of halogens is 3. The Morgan fingerprint density at radius 2 is 1.81 bits per heavy atom. The third-order valence-corrected chi connectivity index (χ3v) is 5.59. The Kier molecular flexibility index (Phi) is 5.72. The first-order valence-corrected chi connectivity index (χ1v) is 10.0. The number of carbonyl (C=O) groups excluding carboxylic acids is 1. The number of rotatable bonds is 4. The van der Waals surface area contributed by atoms with E-state index in [1.165, 1.54) is 12.1 Å². The molecule has 0 saturated carbocycles. The Bertz CT molecular complexity index is 1150. The van der Waals surface area contributed by atoms with E-state index in [0.717, 1.165) is 33.7 Å². The van der Waals surface area contributed by atoms with E-state index < -0.39 is 11.7 Å². The molecule has 160 valence electrons. The summed E-state index contributed by atoms with van der Waals surface area (Å²) in [5.41, 5.74) is 1.68. The summed E-state index contributed by atoms with van der Waals surface area (Å²) in [6, 6.07) is 17.1. The van der Waals surface area contributed by atoms with Gasteiger partial charge in [-0.3, -0.25) is 4.79 Å². The van der Waals surface area contributed by atoms with Crippen LogP contribution in [-0.4, -0.2) is 31.0 Å². The Morgan fingerprint density at radius 3 is 2.52 bits per heavy atom. The zero-order valence-electron chi connectivity index (χ0n) is 17.1. The molecule has 0 fully saturated rings. The second-order valence-corrected chi connectivity index (χ2v) is 7.62. The number of carbonyl (C=O) groups is 1. The summed E-state index contributed by atoms with van der Waals surface area (Å²) in [6.45, 7) is 0.890. The lowest BCUT2D eigenvalue weighted by atomic mass is 9.97. The largest absolute Gasteiger partial charge is 0.497 e. The maximum absolute atomic E-state index is 13.0. The highest BCUT2D eigenvalue weighted by atomic mass is 19.4. The van der Waals surface area contributed by atoms with Crippen LogP contribution in [0.4, 0.5) is 13.2 Å². The van der Waals surface area contributed by atoms with Gasteiger partial charge in [0.25, 0.3) is 0 Å². The number of hydrogen-bond acceptors (Lipinski definition) is 2. The maximum Gasteiger partial charge on any atom is 0.416 e. The predicted molar refractivity (Wildman–Crippen MR) is 115 cm³/mol. The van der Waals surface area contributed by atoms with Gasteiger partial charge < -0.3 is 9.64 Å². The summed E-state index contributed by atoms with van der Waals surface area (Å²) in [5.74, 6) is 0.792. The molecule has 1 amide bonds. The molecule has 0 unspecified atom stereocenters. The number of benzene rings is 3. The number of amides is 1. The number of ether oxygens (including phenoxy) is 1. The van der Waals surface area contributed by atoms with Gasteiger partial charge >= 0.3 is 6.18 Å². The van der Waals surface area contributed by atoms with Crippen LogP contribution in [-0.2, 0) is 17.4 Å². The Balaban J connectivity index is 1.43. The monoisotopic (exact) mass is 425 g/mol. The van der Waals surface area contributed by atoms with Gasteiger partial charge in [-0.25, -0.2) is 0 Å². The summed E-state index contributed by atoms with van der Waals surface area (Å²) in [6.07, 6.45) is -1.69. The summed E-state index contributed by atoms with van der Waals surface area (Å²) in [5, 5.41) is 2.08. The highest BCUT2D eigenvalue weighted by Gasteiger charge is 2.30. The van der Waals surface area contributed by atoms with Gasteiger partial charge in [0.1, 0.15) is 5.75 Å². The van der Waals surface area contributed by atoms with Gasteiger partial charge in [0, 0.05) is 13.1 Å². The van der Waals surface area contributed by atoms with Crippen LogP contribution in [0.3, 0.4) is 0 Å². The smallest absolute Gasteiger partial charge is 0.416 e. The standard InChI is InChI=1S/C25H22F3NO2/c1-31-23-8-7-20-13-17(5-6-21(20)16-23)14-24(30)29-11-9-18(10-12-29)19-3-2-4-22(15-19)25(26,27)28/h2-9,13,15-16H,10-12,14H2,1H3. The van der Waals surface area contributed by atoms with Crippen LogP contribution in [0.15, 0.2) is 66.7 Å². The van der Waals surface area contributed by atoms with Crippen LogP contribution in [0.25, 0.3) is 16.3 Å². The van der Waals surface area contributed by atoms with Crippen molar-refractivity contribution in [3.8, 4) is 5.75 Å². The van der Waals surface area contributed by atoms with Gasteiger partial charge in [-0.15, -0.1) is 0 Å². The van der Waals surface area contributed by atoms with E-state index in [4.69, 9.17) is 4.74 Å². The molecule has 0 spiro atoms. The molecule has 6 heteroatoms. The lowest BCUT2D eigenvalue weighted by molar-refractivity contribution is -0.137. The van der Waals surface area contributed by atoms with Crippen LogP contribution < -0.4 is 4.74 Å². The molecule has 1 heterocycles. The van der Waals surface area contributed by atoms with Crippen LogP contribution >= 0.6 is 0 Å². The van der Waals surface area contributed by atoms with Gasteiger partial charge in [-0.2, -0.15) is 13.2 Å². The van der Waals surface area contributed by atoms with E-state index in [0.29, 0.717) is 25.1 Å². The number of alkyl halides is 3. The highest BCUT2D eigenvalue weighted by molar-refractivity contribution is 5.87. The van der Waals surface area contributed by atoms with Crippen molar-refractivity contribution in [2.45, 2.75) is 19.0 Å². The van der Waals surface area contributed by atoms with Gasteiger partial charge in [0.15, 0.2) is 0 Å². The van der Waals surface area contributed by atoms with Crippen LogP contribution in [0.5, 0.6) is 5.75 Å². The molecule has 0 bridgehead atoms. The third-order valence-electron chi connectivity index (χ3n) is 5.59. The molecule has 3 nitrogen and oxygen atoms in total.